The van der Waals surface area contributed by atoms with E-state index in [1.165, 1.54) is 6.07 Å². The van der Waals surface area contributed by atoms with Crippen molar-refractivity contribution in [1.82, 2.24) is 10.2 Å². The molecule has 1 aromatic carbocycles. The second kappa shape index (κ2) is 5.89. The Labute approximate surface area is 117 Å². The number of rotatable bonds is 4. The number of nitrogens with zero attached hydrogens (tertiary/aromatic N) is 1. The monoisotopic (exact) mass is 278 g/mol. The quantitative estimate of drug-likeness (QED) is 0.903. The van der Waals surface area contributed by atoms with Gasteiger partial charge >= 0.3 is 0 Å². The molecule has 0 bridgehead atoms. The Balaban J connectivity index is 1.72. The van der Waals surface area contributed by atoms with Gasteiger partial charge in [0, 0.05) is 31.2 Å². The molecule has 20 heavy (non-hydrogen) atoms. The molecule has 1 atom stereocenters. The fourth-order valence-corrected chi connectivity index (χ4v) is 2.49. The van der Waals surface area contributed by atoms with Gasteiger partial charge in [-0.3, -0.25) is 4.79 Å². The summed E-state index contributed by atoms with van der Waals surface area (Å²) in [5.41, 5.74) is 0.566. The van der Waals surface area contributed by atoms with Gasteiger partial charge in [0.2, 0.25) is 0 Å². The molecular weight excluding hydrogens is 259 g/mol. The van der Waals surface area contributed by atoms with Crippen LogP contribution >= 0.6 is 0 Å². The summed E-state index contributed by atoms with van der Waals surface area (Å²) in [6.07, 6.45) is 1.57. The molecule has 2 fully saturated rings. The maximum Gasteiger partial charge on any atom is 0.253 e. The summed E-state index contributed by atoms with van der Waals surface area (Å²) in [5, 5.41) is 3.16. The van der Waals surface area contributed by atoms with Crippen molar-refractivity contribution in [3.05, 3.63) is 35.6 Å². The van der Waals surface area contributed by atoms with Gasteiger partial charge < -0.3 is 15.0 Å². The third-order valence-corrected chi connectivity index (χ3v) is 3.77. The first kappa shape index (κ1) is 13.5. The molecule has 108 valence electrons. The van der Waals surface area contributed by atoms with Gasteiger partial charge in [0.15, 0.2) is 0 Å². The van der Waals surface area contributed by atoms with E-state index in [0.29, 0.717) is 25.3 Å². The molecule has 5 heteroatoms. The van der Waals surface area contributed by atoms with Crippen LogP contribution in [0.3, 0.4) is 0 Å². The molecule has 0 spiro atoms. The van der Waals surface area contributed by atoms with E-state index in [4.69, 9.17) is 4.74 Å². The van der Waals surface area contributed by atoms with Crippen LogP contribution in [0, 0.1) is 5.82 Å². The van der Waals surface area contributed by atoms with Gasteiger partial charge in [0.1, 0.15) is 11.9 Å². The molecule has 3 rings (SSSR count). The lowest BCUT2D eigenvalue weighted by atomic mass is 10.1. The highest BCUT2D eigenvalue weighted by molar-refractivity contribution is 5.82. The van der Waals surface area contributed by atoms with Crippen molar-refractivity contribution in [2.75, 3.05) is 19.7 Å². The molecule has 1 heterocycles. The van der Waals surface area contributed by atoms with Crippen molar-refractivity contribution in [1.29, 1.82) is 0 Å². The summed E-state index contributed by atoms with van der Waals surface area (Å²) in [4.78, 5) is 14.3. The maximum atomic E-state index is 13.8. The average Bonchev–Trinajstić information content (AvgIpc) is 3.31. The predicted molar refractivity (Wildman–Crippen MR) is 72.6 cm³/mol. The molecular formula is C15H19FN2O2. The molecule has 1 saturated carbocycles. The van der Waals surface area contributed by atoms with Crippen LogP contribution in [-0.4, -0.2) is 42.6 Å². The third kappa shape index (κ3) is 2.99. The Hall–Kier alpha value is -1.46. The van der Waals surface area contributed by atoms with E-state index >= 15 is 0 Å². The fourth-order valence-electron chi connectivity index (χ4n) is 2.49. The van der Waals surface area contributed by atoms with Gasteiger partial charge in [-0.25, -0.2) is 4.39 Å². The minimum atomic E-state index is -0.434. The number of carbonyl (C=O) groups excluding carboxylic acids is 1. The van der Waals surface area contributed by atoms with Gasteiger partial charge in [-0.1, -0.05) is 18.2 Å². The summed E-state index contributed by atoms with van der Waals surface area (Å²) >= 11 is 0. The van der Waals surface area contributed by atoms with Crippen LogP contribution in [0.5, 0.6) is 0 Å². The van der Waals surface area contributed by atoms with E-state index in [1.54, 1.807) is 23.1 Å². The van der Waals surface area contributed by atoms with Crippen LogP contribution in [0.2, 0.25) is 0 Å². The Kier molecular flexibility index (Phi) is 3.98. The zero-order chi connectivity index (χ0) is 13.9. The Bertz CT molecular complexity index is 485. The van der Waals surface area contributed by atoms with Crippen LogP contribution in [0.1, 0.15) is 18.4 Å². The van der Waals surface area contributed by atoms with Crippen LogP contribution in [0.4, 0.5) is 4.39 Å². The second-order valence-corrected chi connectivity index (χ2v) is 5.35. The van der Waals surface area contributed by atoms with E-state index in [1.807, 2.05) is 0 Å². The van der Waals surface area contributed by atoms with Crippen LogP contribution < -0.4 is 5.32 Å². The number of hydrogen-bond acceptors (Lipinski definition) is 3. The number of morpholine rings is 1. The molecule has 2 aliphatic rings. The fraction of sp³-hybridized carbons (Fsp3) is 0.533. The lowest BCUT2D eigenvalue weighted by Crippen LogP contribution is -2.49. The third-order valence-electron chi connectivity index (χ3n) is 3.77. The molecule has 0 radical (unpaired) electrons. The average molecular weight is 278 g/mol. The Morgan fingerprint density at radius 3 is 2.85 bits per heavy atom. The zero-order valence-electron chi connectivity index (χ0n) is 11.3. The summed E-state index contributed by atoms with van der Waals surface area (Å²) in [5.74, 6) is -0.281. The highest BCUT2D eigenvalue weighted by atomic mass is 19.1. The van der Waals surface area contributed by atoms with Crippen LogP contribution in [-0.2, 0) is 16.1 Å². The molecule has 1 saturated heterocycles. The number of carbonyl (C=O) groups is 1. The summed E-state index contributed by atoms with van der Waals surface area (Å²) in [6.45, 7) is 2.20. The van der Waals surface area contributed by atoms with Crippen molar-refractivity contribution in [2.45, 2.75) is 31.5 Å². The molecule has 1 aliphatic carbocycles. The molecule has 4 nitrogen and oxygen atoms in total. The van der Waals surface area contributed by atoms with Gasteiger partial charge in [-0.2, -0.15) is 0 Å². The van der Waals surface area contributed by atoms with Gasteiger partial charge in [0.05, 0.1) is 6.61 Å². The topological polar surface area (TPSA) is 41.6 Å². The van der Waals surface area contributed by atoms with Crippen molar-refractivity contribution in [2.24, 2.45) is 0 Å². The summed E-state index contributed by atoms with van der Waals surface area (Å²) in [6, 6.07) is 6.87. The Morgan fingerprint density at radius 1 is 1.40 bits per heavy atom. The highest BCUT2D eigenvalue weighted by Crippen LogP contribution is 2.29. The molecule has 1 unspecified atom stereocenters. The number of halogens is 1. The number of benzene rings is 1. The predicted octanol–water partition coefficient (Wildman–Crippen LogP) is 1.31. The number of hydrogen-bond donors (Lipinski definition) is 1. The first-order valence-corrected chi connectivity index (χ1v) is 7.12. The first-order valence-electron chi connectivity index (χ1n) is 7.12. The molecule has 1 aromatic rings. The van der Waals surface area contributed by atoms with Crippen molar-refractivity contribution in [3.63, 3.8) is 0 Å². The van der Waals surface area contributed by atoms with Crippen LogP contribution in [0.25, 0.3) is 0 Å². The van der Waals surface area contributed by atoms with Crippen molar-refractivity contribution < 1.29 is 13.9 Å². The first-order chi connectivity index (χ1) is 9.75. The number of amides is 1. The lowest BCUT2D eigenvalue weighted by Gasteiger charge is -2.30. The van der Waals surface area contributed by atoms with Gasteiger partial charge in [-0.05, 0) is 18.9 Å². The molecule has 1 aliphatic heterocycles. The van der Waals surface area contributed by atoms with E-state index < -0.39 is 6.10 Å². The molecule has 1 amide bonds. The molecule has 0 aromatic heterocycles. The van der Waals surface area contributed by atoms with Crippen molar-refractivity contribution in [3.8, 4) is 0 Å². The summed E-state index contributed by atoms with van der Waals surface area (Å²) < 4.78 is 19.3. The van der Waals surface area contributed by atoms with E-state index in [9.17, 15) is 9.18 Å². The number of nitrogens with one attached hydrogen (secondary N) is 1. The number of ether oxygens (including phenoxy) is 1. The lowest BCUT2D eigenvalue weighted by molar-refractivity contribution is -0.146. The maximum absolute atomic E-state index is 13.8. The standard InChI is InChI=1S/C15H19FN2O2/c16-13-4-2-1-3-11(13)10-18(12-5-6-12)15(19)14-9-17-7-8-20-14/h1-4,12,14,17H,5-10H2. The normalized spacial score (nSPS) is 22.6. The van der Waals surface area contributed by atoms with Gasteiger partial charge in [0.25, 0.3) is 5.91 Å². The van der Waals surface area contributed by atoms with E-state index in [-0.39, 0.29) is 17.8 Å². The van der Waals surface area contributed by atoms with Crippen molar-refractivity contribution >= 4 is 5.91 Å². The minimum Gasteiger partial charge on any atom is -0.366 e. The van der Waals surface area contributed by atoms with Gasteiger partial charge in [-0.15, -0.1) is 0 Å². The summed E-state index contributed by atoms with van der Waals surface area (Å²) in [7, 11) is 0. The SMILES string of the molecule is O=C(C1CNCCO1)N(Cc1ccccc1F)C1CC1. The Morgan fingerprint density at radius 2 is 2.20 bits per heavy atom. The molecule has 1 N–H and O–H groups in total. The second-order valence-electron chi connectivity index (χ2n) is 5.35. The smallest absolute Gasteiger partial charge is 0.253 e. The minimum absolute atomic E-state index is 0.0250. The van der Waals surface area contributed by atoms with E-state index in [2.05, 4.69) is 5.32 Å². The largest absolute Gasteiger partial charge is 0.366 e. The highest BCUT2D eigenvalue weighted by Gasteiger charge is 2.37. The van der Waals surface area contributed by atoms with E-state index in [0.717, 1.165) is 19.4 Å². The zero-order valence-corrected chi connectivity index (χ0v) is 11.3. The van der Waals surface area contributed by atoms with Crippen LogP contribution in [0.15, 0.2) is 24.3 Å².